The Labute approximate surface area is 155 Å². The van der Waals surface area contributed by atoms with Gasteiger partial charge in [-0.15, -0.1) is 0 Å². The standard InChI is InChI=1S/C20H29NO5/c1-14(19(22)21-13-16-7-5-4-6-8-16)26-20(23)15(2)25-18-11-9-17(24-3)10-12-18/h9-12,14-16H,4-8,13H2,1-3H3,(H,21,22). The van der Waals surface area contributed by atoms with Gasteiger partial charge in [0.2, 0.25) is 0 Å². The van der Waals surface area contributed by atoms with E-state index in [0.717, 1.165) is 12.8 Å². The molecule has 1 aromatic rings. The topological polar surface area (TPSA) is 73.9 Å². The SMILES string of the molecule is COc1ccc(OC(C)C(=O)OC(C)C(=O)NCC2CCCCC2)cc1. The number of carbonyl (C=O) groups is 2. The van der Waals surface area contributed by atoms with Crippen LogP contribution in [0.2, 0.25) is 0 Å². The van der Waals surface area contributed by atoms with Gasteiger partial charge in [0.1, 0.15) is 11.5 Å². The minimum absolute atomic E-state index is 0.263. The molecule has 1 aliphatic carbocycles. The monoisotopic (exact) mass is 363 g/mol. The maximum atomic E-state index is 12.1. The van der Waals surface area contributed by atoms with Crippen molar-refractivity contribution in [3.05, 3.63) is 24.3 Å². The first-order chi connectivity index (χ1) is 12.5. The minimum Gasteiger partial charge on any atom is -0.497 e. The van der Waals surface area contributed by atoms with Crippen LogP contribution in [0.15, 0.2) is 24.3 Å². The third-order valence-electron chi connectivity index (χ3n) is 4.66. The number of benzene rings is 1. The fourth-order valence-electron chi connectivity index (χ4n) is 3.01. The second kappa shape index (κ2) is 10.0. The number of amides is 1. The number of methoxy groups -OCH3 is 1. The second-order valence-corrected chi connectivity index (χ2v) is 6.76. The molecule has 6 nitrogen and oxygen atoms in total. The van der Waals surface area contributed by atoms with Crippen LogP contribution in [0.1, 0.15) is 46.0 Å². The molecule has 0 spiro atoms. The highest BCUT2D eigenvalue weighted by atomic mass is 16.6. The summed E-state index contributed by atoms with van der Waals surface area (Å²) in [5.74, 6) is 0.940. The second-order valence-electron chi connectivity index (χ2n) is 6.76. The average Bonchev–Trinajstić information content (AvgIpc) is 2.67. The zero-order valence-electron chi connectivity index (χ0n) is 15.8. The maximum absolute atomic E-state index is 12.1. The number of rotatable bonds is 8. The van der Waals surface area contributed by atoms with E-state index in [9.17, 15) is 9.59 Å². The van der Waals surface area contributed by atoms with E-state index in [1.165, 1.54) is 19.3 Å². The van der Waals surface area contributed by atoms with Crippen LogP contribution in [0.3, 0.4) is 0 Å². The van der Waals surface area contributed by atoms with Crippen LogP contribution in [-0.4, -0.2) is 37.7 Å². The number of esters is 1. The van der Waals surface area contributed by atoms with Gasteiger partial charge in [-0.3, -0.25) is 4.79 Å². The van der Waals surface area contributed by atoms with Gasteiger partial charge in [0.15, 0.2) is 12.2 Å². The Bertz CT molecular complexity index is 580. The Morgan fingerprint density at radius 3 is 2.27 bits per heavy atom. The van der Waals surface area contributed by atoms with E-state index in [0.29, 0.717) is 24.0 Å². The lowest BCUT2D eigenvalue weighted by molar-refractivity contribution is -0.160. The van der Waals surface area contributed by atoms with Crippen LogP contribution in [-0.2, 0) is 14.3 Å². The fraction of sp³-hybridized carbons (Fsp3) is 0.600. The van der Waals surface area contributed by atoms with E-state index < -0.39 is 18.2 Å². The first-order valence-corrected chi connectivity index (χ1v) is 9.28. The summed E-state index contributed by atoms with van der Waals surface area (Å²) in [5.41, 5.74) is 0. The molecule has 0 heterocycles. The quantitative estimate of drug-likeness (QED) is 0.719. The molecule has 2 unspecified atom stereocenters. The van der Waals surface area contributed by atoms with Crippen LogP contribution < -0.4 is 14.8 Å². The van der Waals surface area contributed by atoms with Gasteiger partial charge in [0.25, 0.3) is 5.91 Å². The molecule has 26 heavy (non-hydrogen) atoms. The van der Waals surface area contributed by atoms with Crippen molar-refractivity contribution in [3.8, 4) is 11.5 Å². The van der Waals surface area contributed by atoms with Crippen LogP contribution in [0, 0.1) is 5.92 Å². The number of carbonyl (C=O) groups excluding carboxylic acids is 2. The van der Waals surface area contributed by atoms with Crippen LogP contribution >= 0.6 is 0 Å². The first kappa shape index (κ1) is 20.1. The summed E-state index contributed by atoms with van der Waals surface area (Å²) in [6.45, 7) is 3.83. The van der Waals surface area contributed by atoms with E-state index in [1.807, 2.05) is 0 Å². The predicted octanol–water partition coefficient (Wildman–Crippen LogP) is 3.09. The number of hydrogen-bond donors (Lipinski definition) is 1. The summed E-state index contributed by atoms with van der Waals surface area (Å²) in [7, 11) is 1.58. The van der Waals surface area contributed by atoms with Gasteiger partial charge in [-0.25, -0.2) is 4.79 Å². The fourth-order valence-corrected chi connectivity index (χ4v) is 3.01. The Balaban J connectivity index is 1.74. The van der Waals surface area contributed by atoms with Crippen molar-refractivity contribution < 1.29 is 23.8 Å². The number of ether oxygens (including phenoxy) is 3. The summed E-state index contributed by atoms with van der Waals surface area (Å²) < 4.78 is 15.9. The van der Waals surface area contributed by atoms with E-state index in [-0.39, 0.29) is 5.91 Å². The van der Waals surface area contributed by atoms with E-state index in [2.05, 4.69) is 5.32 Å². The lowest BCUT2D eigenvalue weighted by Crippen LogP contribution is -2.40. The highest BCUT2D eigenvalue weighted by Crippen LogP contribution is 2.22. The van der Waals surface area contributed by atoms with Crippen molar-refractivity contribution in [2.45, 2.75) is 58.2 Å². The molecular formula is C20H29NO5. The largest absolute Gasteiger partial charge is 0.497 e. The summed E-state index contributed by atoms with van der Waals surface area (Å²) in [6.07, 6.45) is 4.40. The molecule has 1 aliphatic rings. The molecule has 1 saturated carbocycles. The summed E-state index contributed by atoms with van der Waals surface area (Å²) in [4.78, 5) is 24.3. The highest BCUT2D eigenvalue weighted by Gasteiger charge is 2.24. The van der Waals surface area contributed by atoms with Crippen molar-refractivity contribution >= 4 is 11.9 Å². The minimum atomic E-state index is -0.840. The molecule has 6 heteroatoms. The van der Waals surface area contributed by atoms with E-state index in [1.54, 1.807) is 45.2 Å². The predicted molar refractivity (Wildman–Crippen MR) is 98.2 cm³/mol. The molecule has 1 aromatic carbocycles. The maximum Gasteiger partial charge on any atom is 0.347 e. The molecule has 1 amide bonds. The van der Waals surface area contributed by atoms with E-state index >= 15 is 0 Å². The zero-order chi connectivity index (χ0) is 18.9. The summed E-state index contributed by atoms with van der Waals surface area (Å²) in [6, 6.07) is 6.91. The molecule has 0 radical (unpaired) electrons. The van der Waals surface area contributed by atoms with Gasteiger partial charge in [-0.05, 0) is 56.9 Å². The van der Waals surface area contributed by atoms with Crippen molar-refractivity contribution in [2.24, 2.45) is 5.92 Å². The van der Waals surface area contributed by atoms with Crippen molar-refractivity contribution in [1.29, 1.82) is 0 Å². The van der Waals surface area contributed by atoms with Crippen molar-refractivity contribution in [1.82, 2.24) is 5.32 Å². The summed E-state index contributed by atoms with van der Waals surface area (Å²) >= 11 is 0. The van der Waals surface area contributed by atoms with Crippen LogP contribution in [0.25, 0.3) is 0 Å². The molecule has 144 valence electrons. The smallest absolute Gasteiger partial charge is 0.347 e. The van der Waals surface area contributed by atoms with E-state index in [4.69, 9.17) is 14.2 Å². The van der Waals surface area contributed by atoms with Gasteiger partial charge in [-0.2, -0.15) is 0 Å². The molecular weight excluding hydrogens is 334 g/mol. The molecule has 0 aromatic heterocycles. The highest BCUT2D eigenvalue weighted by molar-refractivity contribution is 5.84. The normalized spacial score (nSPS) is 17.0. The molecule has 0 saturated heterocycles. The van der Waals surface area contributed by atoms with Crippen LogP contribution in [0.4, 0.5) is 0 Å². The first-order valence-electron chi connectivity index (χ1n) is 9.28. The molecule has 2 atom stereocenters. The third-order valence-corrected chi connectivity index (χ3v) is 4.66. The zero-order valence-corrected chi connectivity index (χ0v) is 15.8. The van der Waals surface area contributed by atoms with Gasteiger partial charge in [-0.1, -0.05) is 19.3 Å². The number of hydrogen-bond acceptors (Lipinski definition) is 5. The van der Waals surface area contributed by atoms with Gasteiger partial charge < -0.3 is 19.5 Å². The number of nitrogens with one attached hydrogen (secondary N) is 1. The lowest BCUT2D eigenvalue weighted by Gasteiger charge is -2.23. The molecule has 2 rings (SSSR count). The van der Waals surface area contributed by atoms with Crippen molar-refractivity contribution in [2.75, 3.05) is 13.7 Å². The molecule has 1 fully saturated rings. The third kappa shape index (κ3) is 6.24. The lowest BCUT2D eigenvalue weighted by atomic mass is 9.89. The van der Waals surface area contributed by atoms with Gasteiger partial charge in [0, 0.05) is 6.54 Å². The Morgan fingerprint density at radius 1 is 1.04 bits per heavy atom. The molecule has 0 aliphatic heterocycles. The Morgan fingerprint density at radius 2 is 1.65 bits per heavy atom. The molecule has 1 N–H and O–H groups in total. The van der Waals surface area contributed by atoms with Crippen molar-refractivity contribution in [3.63, 3.8) is 0 Å². The van der Waals surface area contributed by atoms with Gasteiger partial charge in [0.05, 0.1) is 7.11 Å². The Kier molecular flexibility index (Phi) is 7.75. The van der Waals surface area contributed by atoms with Gasteiger partial charge >= 0.3 is 5.97 Å². The average molecular weight is 363 g/mol. The Hall–Kier alpha value is -2.24. The molecule has 0 bridgehead atoms. The van der Waals surface area contributed by atoms with Crippen LogP contribution in [0.5, 0.6) is 11.5 Å². The summed E-state index contributed by atoms with van der Waals surface area (Å²) in [5, 5.41) is 2.89.